The molecular formula is C18H23FN4O3S4. The smallest absolute Gasteiger partial charge is 0.243 e. The summed E-state index contributed by atoms with van der Waals surface area (Å²) in [4.78, 5) is 14.2. The summed E-state index contributed by atoms with van der Waals surface area (Å²) in [5.74, 6) is 0.733. The van der Waals surface area contributed by atoms with Crippen molar-refractivity contribution in [2.24, 2.45) is 0 Å². The van der Waals surface area contributed by atoms with Crippen molar-refractivity contribution in [2.45, 2.75) is 33.3 Å². The van der Waals surface area contributed by atoms with Crippen molar-refractivity contribution in [3.05, 3.63) is 30.1 Å². The molecule has 0 N–H and O–H groups in total. The third-order valence-corrected chi connectivity index (χ3v) is 9.65. The Bertz CT molecular complexity index is 945. The quantitative estimate of drug-likeness (QED) is 0.394. The van der Waals surface area contributed by atoms with Crippen LogP contribution in [-0.4, -0.2) is 71.4 Å². The number of piperazine rings is 1. The van der Waals surface area contributed by atoms with Crippen molar-refractivity contribution < 1.29 is 17.6 Å². The lowest BCUT2D eigenvalue weighted by Crippen LogP contribution is -2.50. The van der Waals surface area contributed by atoms with Crippen LogP contribution in [0, 0.1) is 5.82 Å². The zero-order valence-electron chi connectivity index (χ0n) is 16.5. The van der Waals surface area contributed by atoms with E-state index in [1.165, 1.54) is 39.5 Å². The first kappa shape index (κ1) is 23.5. The number of unbranched alkanes of at least 4 members (excludes halogenated alkanes) is 1. The average Bonchev–Trinajstić information content (AvgIpc) is 3.20. The number of aromatic nitrogens is 2. The van der Waals surface area contributed by atoms with E-state index in [1.54, 1.807) is 16.7 Å². The second kappa shape index (κ2) is 10.9. The minimum absolute atomic E-state index is 0.0470. The number of nitrogens with zero attached hydrogens (tertiary/aromatic N) is 4. The average molecular weight is 491 g/mol. The molecule has 0 unspecified atom stereocenters. The van der Waals surface area contributed by atoms with Crippen molar-refractivity contribution in [3.8, 4) is 0 Å². The van der Waals surface area contributed by atoms with E-state index in [0.29, 0.717) is 13.1 Å². The largest absolute Gasteiger partial charge is 0.339 e. The van der Waals surface area contributed by atoms with Gasteiger partial charge < -0.3 is 4.90 Å². The lowest BCUT2D eigenvalue weighted by atomic mass is 10.3. The monoisotopic (exact) mass is 490 g/mol. The Hall–Kier alpha value is -1.21. The molecular weight excluding hydrogens is 467 g/mol. The standard InChI is InChI=1S/C18H23FN4O3S4/c1-2-3-12-27-17-20-21-18(29-17)28-13-16(24)22-8-10-23(11-9-22)30(25,26)15-6-4-14(19)5-7-15/h4-7H,2-3,8-13H2,1H3. The number of carbonyl (C=O) groups is 1. The highest BCUT2D eigenvalue weighted by atomic mass is 32.2. The Kier molecular flexibility index (Phi) is 8.52. The van der Waals surface area contributed by atoms with Gasteiger partial charge in [0, 0.05) is 31.9 Å². The van der Waals surface area contributed by atoms with Gasteiger partial charge in [-0.3, -0.25) is 4.79 Å². The molecule has 0 bridgehead atoms. The van der Waals surface area contributed by atoms with Crippen molar-refractivity contribution in [1.29, 1.82) is 0 Å². The first-order valence-electron chi connectivity index (χ1n) is 9.52. The third-order valence-electron chi connectivity index (χ3n) is 4.47. The summed E-state index contributed by atoms with van der Waals surface area (Å²) in [6.07, 6.45) is 2.27. The van der Waals surface area contributed by atoms with Gasteiger partial charge in [0.25, 0.3) is 0 Å². The summed E-state index contributed by atoms with van der Waals surface area (Å²) in [5.41, 5.74) is 0. The molecule has 2 aromatic rings. The van der Waals surface area contributed by atoms with Crippen LogP contribution in [0.3, 0.4) is 0 Å². The summed E-state index contributed by atoms with van der Waals surface area (Å²) >= 11 is 4.54. The van der Waals surface area contributed by atoms with E-state index in [2.05, 4.69) is 17.1 Å². The molecule has 0 radical (unpaired) electrons. The van der Waals surface area contributed by atoms with Crippen LogP contribution in [0.1, 0.15) is 19.8 Å². The van der Waals surface area contributed by atoms with Crippen LogP contribution >= 0.6 is 34.9 Å². The minimum atomic E-state index is -3.69. The molecule has 1 aromatic carbocycles. The molecule has 2 heterocycles. The van der Waals surface area contributed by atoms with Gasteiger partial charge in [-0.05, 0) is 30.7 Å². The van der Waals surface area contributed by atoms with E-state index in [4.69, 9.17) is 0 Å². The van der Waals surface area contributed by atoms with Gasteiger partial charge in [0.1, 0.15) is 5.82 Å². The van der Waals surface area contributed by atoms with Crippen LogP contribution in [0.2, 0.25) is 0 Å². The first-order valence-corrected chi connectivity index (χ1v) is 13.8. The molecule has 3 rings (SSSR count). The Morgan fingerprint density at radius 1 is 1.10 bits per heavy atom. The van der Waals surface area contributed by atoms with E-state index < -0.39 is 15.8 Å². The number of benzene rings is 1. The minimum Gasteiger partial charge on any atom is -0.339 e. The van der Waals surface area contributed by atoms with Gasteiger partial charge in [0.05, 0.1) is 10.6 Å². The van der Waals surface area contributed by atoms with Gasteiger partial charge in [0.2, 0.25) is 15.9 Å². The lowest BCUT2D eigenvalue weighted by Gasteiger charge is -2.34. The van der Waals surface area contributed by atoms with E-state index in [1.807, 2.05) is 0 Å². The number of hydrogen-bond acceptors (Lipinski definition) is 8. The molecule has 1 amide bonds. The van der Waals surface area contributed by atoms with Gasteiger partial charge >= 0.3 is 0 Å². The highest BCUT2D eigenvalue weighted by Gasteiger charge is 2.30. The van der Waals surface area contributed by atoms with Crippen molar-refractivity contribution in [3.63, 3.8) is 0 Å². The third kappa shape index (κ3) is 6.16. The molecule has 1 saturated heterocycles. The first-order chi connectivity index (χ1) is 14.4. The van der Waals surface area contributed by atoms with Gasteiger partial charge in [-0.1, -0.05) is 48.2 Å². The molecule has 0 aliphatic carbocycles. The maximum atomic E-state index is 13.1. The summed E-state index contributed by atoms with van der Waals surface area (Å²) in [6, 6.07) is 4.78. The van der Waals surface area contributed by atoms with Crippen LogP contribution in [0.4, 0.5) is 4.39 Å². The fourth-order valence-corrected chi connectivity index (χ4v) is 7.27. The number of sulfonamides is 1. The maximum absolute atomic E-state index is 13.1. The van der Waals surface area contributed by atoms with Crippen molar-refractivity contribution >= 4 is 50.8 Å². The van der Waals surface area contributed by atoms with E-state index in [9.17, 15) is 17.6 Å². The zero-order chi connectivity index (χ0) is 21.6. The molecule has 1 fully saturated rings. The number of halogens is 1. The predicted molar refractivity (Wildman–Crippen MR) is 118 cm³/mol. The Balaban J connectivity index is 1.46. The summed E-state index contributed by atoms with van der Waals surface area (Å²) < 4.78 is 41.4. The molecule has 164 valence electrons. The Labute approximate surface area is 188 Å². The van der Waals surface area contributed by atoms with E-state index in [0.717, 1.165) is 39.4 Å². The topological polar surface area (TPSA) is 83.5 Å². The highest BCUT2D eigenvalue weighted by molar-refractivity contribution is 8.03. The second-order valence-electron chi connectivity index (χ2n) is 6.56. The molecule has 0 spiro atoms. The molecule has 1 aliphatic rings. The van der Waals surface area contributed by atoms with Gasteiger partial charge in [-0.25, -0.2) is 12.8 Å². The Morgan fingerprint density at radius 2 is 1.73 bits per heavy atom. The van der Waals surface area contributed by atoms with E-state index >= 15 is 0 Å². The van der Waals surface area contributed by atoms with Gasteiger partial charge in [-0.15, -0.1) is 10.2 Å². The van der Waals surface area contributed by atoms with Crippen LogP contribution in [0.5, 0.6) is 0 Å². The molecule has 1 aromatic heterocycles. The van der Waals surface area contributed by atoms with Gasteiger partial charge in [-0.2, -0.15) is 4.31 Å². The number of hydrogen-bond donors (Lipinski definition) is 0. The lowest BCUT2D eigenvalue weighted by molar-refractivity contribution is -0.129. The highest BCUT2D eigenvalue weighted by Crippen LogP contribution is 2.29. The molecule has 0 saturated carbocycles. The number of carbonyl (C=O) groups excluding carboxylic acids is 1. The normalized spacial score (nSPS) is 15.5. The fourth-order valence-electron chi connectivity index (χ4n) is 2.77. The predicted octanol–water partition coefficient (Wildman–Crippen LogP) is 3.19. The fraction of sp³-hybridized carbons (Fsp3) is 0.500. The summed E-state index contributed by atoms with van der Waals surface area (Å²) in [7, 11) is -3.69. The maximum Gasteiger partial charge on any atom is 0.243 e. The molecule has 30 heavy (non-hydrogen) atoms. The van der Waals surface area contributed by atoms with Crippen LogP contribution in [0.25, 0.3) is 0 Å². The molecule has 1 aliphatic heterocycles. The number of thioether (sulfide) groups is 2. The van der Waals surface area contributed by atoms with Crippen molar-refractivity contribution in [2.75, 3.05) is 37.7 Å². The SMILES string of the molecule is CCCCSc1nnc(SCC(=O)N2CCN(S(=O)(=O)c3ccc(F)cc3)CC2)s1. The zero-order valence-corrected chi connectivity index (χ0v) is 19.8. The van der Waals surface area contributed by atoms with Crippen LogP contribution in [-0.2, 0) is 14.8 Å². The van der Waals surface area contributed by atoms with Crippen molar-refractivity contribution in [1.82, 2.24) is 19.4 Å². The van der Waals surface area contributed by atoms with Gasteiger partial charge in [0.15, 0.2) is 8.68 Å². The van der Waals surface area contributed by atoms with Crippen LogP contribution in [0.15, 0.2) is 37.8 Å². The Morgan fingerprint density at radius 3 is 2.37 bits per heavy atom. The second-order valence-corrected chi connectivity index (χ2v) is 12.0. The molecule has 0 atom stereocenters. The molecule has 7 nitrogen and oxygen atoms in total. The molecule has 12 heteroatoms. The summed E-state index contributed by atoms with van der Waals surface area (Å²) in [6.45, 7) is 3.23. The number of rotatable bonds is 9. The van der Waals surface area contributed by atoms with E-state index in [-0.39, 0.29) is 29.6 Å². The van der Waals surface area contributed by atoms with Crippen LogP contribution < -0.4 is 0 Å². The summed E-state index contributed by atoms with van der Waals surface area (Å²) in [5, 5.41) is 8.26. The number of amides is 1.